The number of rotatable bonds is 5. The van der Waals surface area contributed by atoms with E-state index in [9.17, 15) is 9.90 Å². The summed E-state index contributed by atoms with van der Waals surface area (Å²) in [5.41, 5.74) is 2.41. The summed E-state index contributed by atoms with van der Waals surface area (Å²) in [6.07, 6.45) is 5.72. The molecular weight excluding hydrogens is 338 g/mol. The van der Waals surface area contributed by atoms with E-state index in [-0.39, 0.29) is 17.4 Å². The summed E-state index contributed by atoms with van der Waals surface area (Å²) in [5, 5.41) is 10.5. The zero-order chi connectivity index (χ0) is 18.6. The Labute approximate surface area is 158 Å². The summed E-state index contributed by atoms with van der Waals surface area (Å²) < 4.78 is 1.55. The van der Waals surface area contributed by atoms with Crippen LogP contribution in [0.25, 0.3) is 0 Å². The molecule has 3 heterocycles. The number of benzene rings is 1. The second kappa shape index (κ2) is 7.76. The van der Waals surface area contributed by atoms with Crippen LogP contribution in [-0.4, -0.2) is 26.1 Å². The van der Waals surface area contributed by atoms with E-state index in [4.69, 9.17) is 0 Å². The van der Waals surface area contributed by atoms with E-state index in [1.807, 2.05) is 60.8 Å². The van der Waals surface area contributed by atoms with Gasteiger partial charge >= 0.3 is 0 Å². The van der Waals surface area contributed by atoms with Crippen molar-refractivity contribution in [2.75, 3.05) is 6.54 Å². The number of hydrogen-bond acceptors (Lipinski definition) is 4. The van der Waals surface area contributed by atoms with Gasteiger partial charge in [-0.25, -0.2) is 0 Å². The lowest BCUT2D eigenvalue weighted by molar-refractivity contribution is 0.240. The quantitative estimate of drug-likeness (QED) is 0.757. The van der Waals surface area contributed by atoms with Crippen LogP contribution in [0.5, 0.6) is 5.75 Å². The fraction of sp³-hybridized carbons (Fsp3) is 0.273. The molecule has 2 aromatic heterocycles. The first-order valence-corrected chi connectivity index (χ1v) is 9.32. The van der Waals surface area contributed by atoms with Crippen LogP contribution in [0.1, 0.15) is 35.7 Å². The maximum atomic E-state index is 12.6. The lowest BCUT2D eigenvalue weighted by atomic mass is 10.1. The van der Waals surface area contributed by atoms with Gasteiger partial charge in [-0.3, -0.25) is 14.7 Å². The molecule has 0 radical (unpaired) electrons. The Balaban J connectivity index is 1.54. The monoisotopic (exact) mass is 361 g/mol. The summed E-state index contributed by atoms with van der Waals surface area (Å²) in [7, 11) is 0. The van der Waals surface area contributed by atoms with Crippen LogP contribution in [-0.2, 0) is 13.1 Å². The smallest absolute Gasteiger partial charge is 0.293 e. The molecule has 5 heteroatoms. The highest BCUT2D eigenvalue weighted by Gasteiger charge is 2.27. The lowest BCUT2D eigenvalue weighted by Crippen LogP contribution is -2.26. The van der Waals surface area contributed by atoms with Gasteiger partial charge in [0.1, 0.15) is 0 Å². The van der Waals surface area contributed by atoms with Crippen LogP contribution in [0.15, 0.2) is 71.8 Å². The average molecular weight is 361 g/mol. The highest BCUT2D eigenvalue weighted by molar-refractivity contribution is 5.30. The molecule has 27 heavy (non-hydrogen) atoms. The van der Waals surface area contributed by atoms with Gasteiger partial charge in [0.2, 0.25) is 0 Å². The van der Waals surface area contributed by atoms with E-state index in [2.05, 4.69) is 9.88 Å². The van der Waals surface area contributed by atoms with E-state index in [1.54, 1.807) is 10.8 Å². The predicted molar refractivity (Wildman–Crippen MR) is 105 cm³/mol. The van der Waals surface area contributed by atoms with Crippen molar-refractivity contribution in [1.29, 1.82) is 0 Å². The summed E-state index contributed by atoms with van der Waals surface area (Å²) in [6.45, 7) is 1.94. The lowest BCUT2D eigenvalue weighted by Gasteiger charge is -2.24. The molecule has 1 fully saturated rings. The second-order valence-corrected chi connectivity index (χ2v) is 6.99. The van der Waals surface area contributed by atoms with E-state index < -0.39 is 0 Å². The second-order valence-electron chi connectivity index (χ2n) is 6.99. The van der Waals surface area contributed by atoms with Gasteiger partial charge in [0.15, 0.2) is 5.75 Å². The third-order valence-corrected chi connectivity index (χ3v) is 5.19. The first kappa shape index (κ1) is 17.5. The van der Waals surface area contributed by atoms with Crippen LogP contribution in [0.3, 0.4) is 0 Å². The van der Waals surface area contributed by atoms with Gasteiger partial charge in [0.05, 0.1) is 18.3 Å². The van der Waals surface area contributed by atoms with Crippen LogP contribution in [0.4, 0.5) is 0 Å². The summed E-state index contributed by atoms with van der Waals surface area (Å²) in [6, 6.07) is 17.8. The Kier molecular flexibility index (Phi) is 5.03. The minimum absolute atomic E-state index is 0.153. The van der Waals surface area contributed by atoms with E-state index in [1.165, 1.54) is 0 Å². The Morgan fingerprint density at radius 3 is 2.63 bits per heavy atom. The van der Waals surface area contributed by atoms with Gasteiger partial charge in [-0.1, -0.05) is 36.4 Å². The number of nitrogens with zero attached hydrogens (tertiary/aromatic N) is 3. The Bertz CT molecular complexity index is 954. The minimum atomic E-state index is -0.343. The topological polar surface area (TPSA) is 58.4 Å². The number of aromatic nitrogens is 2. The van der Waals surface area contributed by atoms with Gasteiger partial charge < -0.3 is 9.67 Å². The first-order valence-electron chi connectivity index (χ1n) is 9.32. The molecule has 4 rings (SSSR count). The number of pyridine rings is 2. The van der Waals surface area contributed by atoms with Crippen LogP contribution in [0, 0.1) is 0 Å². The average Bonchev–Trinajstić information content (AvgIpc) is 3.17. The number of hydrogen-bond donors (Lipinski definition) is 1. The highest BCUT2D eigenvalue weighted by Crippen LogP contribution is 2.32. The van der Waals surface area contributed by atoms with Crippen molar-refractivity contribution in [3.63, 3.8) is 0 Å². The maximum absolute atomic E-state index is 12.6. The van der Waals surface area contributed by atoms with Crippen LogP contribution >= 0.6 is 0 Å². The van der Waals surface area contributed by atoms with E-state index in [0.29, 0.717) is 18.7 Å². The van der Waals surface area contributed by atoms with Gasteiger partial charge in [-0.15, -0.1) is 0 Å². The maximum Gasteiger partial charge on any atom is 0.293 e. The van der Waals surface area contributed by atoms with Crippen LogP contribution in [0.2, 0.25) is 0 Å². The largest absolute Gasteiger partial charge is 0.503 e. The molecule has 0 saturated carbocycles. The van der Waals surface area contributed by atoms with Crippen molar-refractivity contribution in [3.8, 4) is 5.75 Å². The van der Waals surface area contributed by atoms with Crippen molar-refractivity contribution in [2.24, 2.45) is 0 Å². The molecule has 3 aromatic rings. The molecule has 0 spiro atoms. The molecule has 0 bridgehead atoms. The Morgan fingerprint density at radius 2 is 1.85 bits per heavy atom. The molecule has 1 aromatic carbocycles. The third kappa shape index (κ3) is 3.78. The summed E-state index contributed by atoms with van der Waals surface area (Å²) >= 11 is 0. The van der Waals surface area contributed by atoms with Crippen molar-refractivity contribution < 1.29 is 5.11 Å². The molecule has 1 N–H and O–H groups in total. The van der Waals surface area contributed by atoms with Crippen molar-refractivity contribution in [3.05, 3.63) is 94.2 Å². The summed E-state index contributed by atoms with van der Waals surface area (Å²) in [5.74, 6) is -0.153. The molecule has 1 aliphatic rings. The zero-order valence-electron chi connectivity index (χ0n) is 15.2. The number of likely N-dealkylation sites (tertiary alicyclic amines) is 1. The fourth-order valence-corrected chi connectivity index (χ4v) is 3.77. The number of aromatic hydroxyl groups is 1. The van der Waals surface area contributed by atoms with Crippen molar-refractivity contribution >= 4 is 0 Å². The SMILES string of the molecule is O=c1c(O)c(CN2CCCC2c2ccccn2)ccn1Cc1ccccc1. The van der Waals surface area contributed by atoms with Gasteiger partial charge in [0, 0.05) is 24.5 Å². The van der Waals surface area contributed by atoms with E-state index >= 15 is 0 Å². The molecule has 1 atom stereocenters. The Morgan fingerprint density at radius 1 is 1.04 bits per heavy atom. The molecule has 0 amide bonds. The molecule has 1 saturated heterocycles. The normalized spacial score (nSPS) is 17.3. The molecule has 5 nitrogen and oxygen atoms in total. The molecular formula is C22H23N3O2. The molecule has 138 valence electrons. The van der Waals surface area contributed by atoms with Crippen molar-refractivity contribution in [2.45, 2.75) is 32.0 Å². The first-order chi connectivity index (χ1) is 13.2. The molecule has 1 aliphatic heterocycles. The van der Waals surface area contributed by atoms with Crippen LogP contribution < -0.4 is 5.56 Å². The summed E-state index contributed by atoms with van der Waals surface area (Å²) in [4.78, 5) is 19.4. The fourth-order valence-electron chi connectivity index (χ4n) is 3.77. The van der Waals surface area contributed by atoms with Gasteiger partial charge in [-0.2, -0.15) is 0 Å². The van der Waals surface area contributed by atoms with Gasteiger partial charge in [-0.05, 0) is 43.1 Å². The van der Waals surface area contributed by atoms with E-state index in [0.717, 1.165) is 30.6 Å². The standard InChI is InChI=1S/C22H23N3O2/c26-21-18(11-14-25(22(21)27)15-17-7-2-1-3-8-17)16-24-13-6-10-20(24)19-9-4-5-12-23-19/h1-5,7-9,11-12,14,20,26H,6,10,13,15-16H2. The zero-order valence-corrected chi connectivity index (χ0v) is 15.2. The minimum Gasteiger partial charge on any atom is -0.503 e. The molecule has 0 aliphatic carbocycles. The van der Waals surface area contributed by atoms with Gasteiger partial charge in [0.25, 0.3) is 5.56 Å². The third-order valence-electron chi connectivity index (χ3n) is 5.19. The Hall–Kier alpha value is -2.92. The predicted octanol–water partition coefficient (Wildman–Crippen LogP) is 3.33. The molecule has 1 unspecified atom stereocenters. The van der Waals surface area contributed by atoms with Crippen molar-refractivity contribution in [1.82, 2.24) is 14.5 Å². The highest BCUT2D eigenvalue weighted by atomic mass is 16.3.